The zero-order valence-corrected chi connectivity index (χ0v) is 19.6. The van der Waals surface area contributed by atoms with Gasteiger partial charge in [0, 0.05) is 24.8 Å². The van der Waals surface area contributed by atoms with Gasteiger partial charge in [0.2, 0.25) is 10.0 Å². The van der Waals surface area contributed by atoms with Gasteiger partial charge in [-0.25, -0.2) is 13.1 Å². The Balaban J connectivity index is 0.00000165. The summed E-state index contributed by atoms with van der Waals surface area (Å²) in [4.78, 5) is 12.5. The summed E-state index contributed by atoms with van der Waals surface area (Å²) >= 11 is 0. The Hall–Kier alpha value is -2.46. The van der Waals surface area contributed by atoms with E-state index >= 15 is 0 Å². The molecular weight excluding hydrogens is 420 g/mol. The van der Waals surface area contributed by atoms with E-state index in [4.69, 9.17) is 15.6 Å². The molecule has 0 heterocycles. The number of rotatable bonds is 8. The smallest absolute Gasteiger partial charge is 0.244 e. The van der Waals surface area contributed by atoms with Crippen LogP contribution in [0.15, 0.2) is 41.3 Å². The number of aliphatic hydroxyl groups is 1. The third-order valence-electron chi connectivity index (χ3n) is 3.80. The van der Waals surface area contributed by atoms with Crippen LogP contribution in [0.1, 0.15) is 48.7 Å². The number of carbonyl (C=O) groups excluding carboxylic acids is 1. The maximum atomic E-state index is 12.7. The Morgan fingerprint density at radius 3 is 2.19 bits per heavy atom. The number of aryl methyl sites for hydroxylation is 1. The van der Waals surface area contributed by atoms with Crippen molar-refractivity contribution in [2.45, 2.75) is 39.0 Å². The molecule has 0 amide bonds. The fraction of sp³-hybridized carbons (Fsp3) is 0.409. The molecule has 5 N–H and O–H groups in total. The van der Waals surface area contributed by atoms with Crippen LogP contribution < -0.4 is 15.2 Å². The van der Waals surface area contributed by atoms with E-state index in [1.807, 2.05) is 20.8 Å². The Morgan fingerprint density at radius 1 is 1.16 bits per heavy atom. The van der Waals surface area contributed by atoms with Gasteiger partial charge in [-0.1, -0.05) is 43.7 Å². The summed E-state index contributed by atoms with van der Waals surface area (Å²) in [7, 11) is -2.64. The number of phenolic OH excluding ortho intramolecular Hbond substituents is 1. The second kappa shape index (κ2) is 14.5. The molecule has 0 fully saturated rings. The number of hydrogen-bond acceptors (Lipinski definition) is 7. The van der Waals surface area contributed by atoms with E-state index in [2.05, 4.69) is 4.72 Å². The lowest BCUT2D eigenvalue weighted by atomic mass is 10.0. The zero-order valence-electron chi connectivity index (χ0n) is 18.8. The largest absolute Gasteiger partial charge is 0.507 e. The number of ether oxygens (including phenoxy) is 1. The topological polar surface area (TPSA) is 139 Å². The minimum absolute atomic E-state index is 0.0526. The molecule has 0 aromatic heterocycles. The molecule has 0 aliphatic heterocycles. The van der Waals surface area contributed by atoms with Crippen molar-refractivity contribution in [2.24, 2.45) is 5.73 Å². The van der Waals surface area contributed by atoms with E-state index in [1.165, 1.54) is 7.11 Å². The molecule has 0 spiro atoms. The van der Waals surface area contributed by atoms with Crippen molar-refractivity contribution in [2.75, 3.05) is 26.8 Å². The fourth-order valence-electron chi connectivity index (χ4n) is 2.35. The molecule has 2 rings (SSSR count). The van der Waals surface area contributed by atoms with Gasteiger partial charge in [-0.3, -0.25) is 4.79 Å². The van der Waals surface area contributed by atoms with Crippen molar-refractivity contribution in [3.05, 3.63) is 53.1 Å². The first-order valence-electron chi connectivity index (χ1n) is 10.0. The Labute approximate surface area is 185 Å². The minimum atomic E-state index is -3.93. The van der Waals surface area contributed by atoms with E-state index in [9.17, 15) is 18.3 Å². The normalized spacial score (nSPS) is 10.3. The highest BCUT2D eigenvalue weighted by Crippen LogP contribution is 2.32. The van der Waals surface area contributed by atoms with Crippen molar-refractivity contribution < 1.29 is 28.2 Å². The van der Waals surface area contributed by atoms with E-state index in [0.29, 0.717) is 18.5 Å². The van der Waals surface area contributed by atoms with Gasteiger partial charge < -0.3 is 20.7 Å². The number of nitrogens with two attached hydrogens (primary N) is 1. The Morgan fingerprint density at radius 2 is 1.71 bits per heavy atom. The molecule has 0 aliphatic carbocycles. The molecule has 2 aromatic carbocycles. The summed E-state index contributed by atoms with van der Waals surface area (Å²) in [6, 6.07) is 9.02. The number of ketones is 1. The summed E-state index contributed by atoms with van der Waals surface area (Å²) in [5.41, 5.74) is 6.58. The number of phenols is 1. The third kappa shape index (κ3) is 8.66. The monoisotopic (exact) mass is 454 g/mol. The number of aliphatic hydroxyl groups excluding tert-OH is 1. The Bertz CT molecular complexity index is 912. The van der Waals surface area contributed by atoms with Crippen LogP contribution in [0.3, 0.4) is 0 Å². The zero-order chi connectivity index (χ0) is 24.0. The summed E-state index contributed by atoms with van der Waals surface area (Å²) in [6.07, 6.45) is 0.467. The summed E-state index contributed by atoms with van der Waals surface area (Å²) in [6.45, 7) is 8.31. The maximum absolute atomic E-state index is 12.7. The van der Waals surface area contributed by atoms with Crippen LogP contribution in [0.4, 0.5) is 0 Å². The van der Waals surface area contributed by atoms with E-state index < -0.39 is 15.8 Å². The molecular formula is C22H34N2O6S. The van der Waals surface area contributed by atoms with Crippen LogP contribution in [0, 0.1) is 6.92 Å². The van der Waals surface area contributed by atoms with Gasteiger partial charge in [-0.05, 0) is 32.9 Å². The van der Waals surface area contributed by atoms with Crippen LogP contribution in [-0.2, 0) is 10.0 Å². The number of methoxy groups -OCH3 is 1. The molecule has 0 saturated heterocycles. The lowest BCUT2D eigenvalue weighted by Gasteiger charge is -2.13. The lowest BCUT2D eigenvalue weighted by Crippen LogP contribution is -2.27. The summed E-state index contributed by atoms with van der Waals surface area (Å²) < 4.78 is 32.5. The van der Waals surface area contributed by atoms with Crippen LogP contribution in [0.5, 0.6) is 11.5 Å². The highest BCUT2D eigenvalue weighted by atomic mass is 32.2. The lowest BCUT2D eigenvalue weighted by molar-refractivity contribution is 0.103. The minimum Gasteiger partial charge on any atom is -0.507 e. The molecule has 174 valence electrons. The molecule has 8 nitrogen and oxygen atoms in total. The number of benzene rings is 2. The van der Waals surface area contributed by atoms with Gasteiger partial charge in [-0.2, -0.15) is 0 Å². The van der Waals surface area contributed by atoms with Crippen LogP contribution in [0.2, 0.25) is 0 Å². The standard InChI is InChI=1S/C18H22N2O5S.C2H6O.C2H6/c1-12-4-6-13(7-5-12)18(22)14-10-17(16(25-2)11-15(14)21)26(23,24)20-9-3-8-19;1-2-3;1-2/h4-7,10-11,20-21H,3,8-9,19H2,1-2H3;3H,2H2,1H3;1-2H3. The molecule has 0 saturated carbocycles. The quantitative estimate of drug-likeness (QED) is 0.355. The molecule has 0 bridgehead atoms. The van der Waals surface area contributed by atoms with Crippen molar-refractivity contribution in [3.63, 3.8) is 0 Å². The number of hydrogen-bond donors (Lipinski definition) is 4. The van der Waals surface area contributed by atoms with Crippen molar-refractivity contribution in [3.8, 4) is 11.5 Å². The van der Waals surface area contributed by atoms with Crippen LogP contribution >= 0.6 is 0 Å². The van der Waals surface area contributed by atoms with Crippen molar-refractivity contribution in [1.29, 1.82) is 0 Å². The average molecular weight is 455 g/mol. The fourth-order valence-corrected chi connectivity index (χ4v) is 3.60. The van der Waals surface area contributed by atoms with Crippen molar-refractivity contribution in [1.82, 2.24) is 4.72 Å². The van der Waals surface area contributed by atoms with E-state index in [-0.39, 0.29) is 35.1 Å². The molecule has 0 radical (unpaired) electrons. The highest BCUT2D eigenvalue weighted by Gasteiger charge is 2.24. The number of carbonyl (C=O) groups is 1. The average Bonchev–Trinajstić information content (AvgIpc) is 2.75. The van der Waals surface area contributed by atoms with E-state index in [0.717, 1.165) is 17.7 Å². The summed E-state index contributed by atoms with van der Waals surface area (Å²) in [5.74, 6) is -0.889. The van der Waals surface area contributed by atoms with Gasteiger partial charge in [0.05, 0.1) is 12.7 Å². The summed E-state index contributed by atoms with van der Waals surface area (Å²) in [5, 5.41) is 17.7. The van der Waals surface area contributed by atoms with Crippen LogP contribution in [0.25, 0.3) is 0 Å². The van der Waals surface area contributed by atoms with Crippen LogP contribution in [-0.4, -0.2) is 51.2 Å². The first kappa shape index (κ1) is 28.5. The van der Waals surface area contributed by atoms with E-state index in [1.54, 1.807) is 31.2 Å². The number of nitrogens with one attached hydrogen (secondary N) is 1. The second-order valence-corrected chi connectivity index (χ2v) is 7.81. The number of sulfonamides is 1. The highest BCUT2D eigenvalue weighted by molar-refractivity contribution is 7.89. The molecule has 0 aliphatic rings. The third-order valence-corrected chi connectivity index (χ3v) is 5.29. The molecule has 2 aromatic rings. The van der Waals surface area contributed by atoms with Gasteiger partial charge in [-0.15, -0.1) is 0 Å². The van der Waals surface area contributed by atoms with Crippen molar-refractivity contribution >= 4 is 15.8 Å². The first-order chi connectivity index (χ1) is 14.7. The molecule has 0 atom stereocenters. The Kier molecular flexibility index (Phi) is 13.4. The molecule has 31 heavy (non-hydrogen) atoms. The molecule has 0 unspecified atom stereocenters. The second-order valence-electron chi connectivity index (χ2n) is 6.07. The predicted molar refractivity (Wildman–Crippen MR) is 122 cm³/mol. The van der Waals surface area contributed by atoms with Gasteiger partial charge in [0.15, 0.2) is 5.78 Å². The van der Waals surface area contributed by atoms with Gasteiger partial charge in [0.1, 0.15) is 16.4 Å². The van der Waals surface area contributed by atoms with Gasteiger partial charge >= 0.3 is 0 Å². The molecule has 9 heteroatoms. The SMILES string of the molecule is CC.CCO.COc1cc(O)c(C(=O)c2ccc(C)cc2)cc1S(=O)(=O)NCCCN. The predicted octanol–water partition coefficient (Wildman–Crippen LogP) is 2.59. The first-order valence-corrected chi connectivity index (χ1v) is 11.5. The van der Waals surface area contributed by atoms with Gasteiger partial charge in [0.25, 0.3) is 0 Å². The number of aromatic hydroxyl groups is 1. The maximum Gasteiger partial charge on any atom is 0.244 e.